The Morgan fingerprint density at radius 1 is 1.23 bits per heavy atom. The van der Waals surface area contributed by atoms with Gasteiger partial charge in [0.15, 0.2) is 11.0 Å². The Kier molecular flexibility index (Phi) is 4.88. The van der Waals surface area contributed by atoms with Gasteiger partial charge in [-0.05, 0) is 37.2 Å². The molecule has 0 saturated carbocycles. The highest BCUT2D eigenvalue weighted by molar-refractivity contribution is 7.99. The molecule has 8 heteroatoms. The van der Waals surface area contributed by atoms with Crippen molar-refractivity contribution in [2.75, 3.05) is 11.2 Å². The summed E-state index contributed by atoms with van der Waals surface area (Å²) in [6.45, 7) is 4.39. The minimum atomic E-state index is -0.193. The summed E-state index contributed by atoms with van der Waals surface area (Å²) >= 11 is 3.34. The van der Waals surface area contributed by atoms with Gasteiger partial charge in [-0.1, -0.05) is 25.6 Å². The van der Waals surface area contributed by atoms with Crippen molar-refractivity contribution in [3.8, 4) is 0 Å². The second kappa shape index (κ2) is 7.15. The number of rotatable bonds is 5. The maximum Gasteiger partial charge on any atom is 0.248 e. The molecule has 1 atom stereocenters. The van der Waals surface area contributed by atoms with E-state index in [4.69, 9.17) is 4.98 Å². The highest BCUT2D eigenvalue weighted by atomic mass is 32.2. The van der Waals surface area contributed by atoms with E-state index in [1.807, 2.05) is 0 Å². The molecule has 26 heavy (non-hydrogen) atoms. The Labute approximate surface area is 160 Å². The molecule has 6 nitrogen and oxygen atoms in total. The minimum absolute atomic E-state index is 0.193. The molecule has 0 unspecified atom stereocenters. The van der Waals surface area contributed by atoms with Crippen molar-refractivity contribution in [3.63, 3.8) is 0 Å². The fraction of sp³-hybridized carbons (Fsp3) is 0.556. The SMILES string of the molecule is CCCSc1nc(NN2C(=O)CCC2=O)c2c3c(sc2n1)CC[C@@H](C)C3. The number of hydrazine groups is 1. The molecule has 1 aliphatic carbocycles. The van der Waals surface area contributed by atoms with Crippen LogP contribution in [0, 0.1) is 5.92 Å². The average molecular weight is 391 g/mol. The topological polar surface area (TPSA) is 75.2 Å². The van der Waals surface area contributed by atoms with Crippen LogP contribution in [0.2, 0.25) is 0 Å². The summed E-state index contributed by atoms with van der Waals surface area (Å²) in [7, 11) is 0. The van der Waals surface area contributed by atoms with Gasteiger partial charge < -0.3 is 0 Å². The van der Waals surface area contributed by atoms with Crippen molar-refractivity contribution in [1.29, 1.82) is 0 Å². The van der Waals surface area contributed by atoms with Gasteiger partial charge >= 0.3 is 0 Å². The predicted octanol–water partition coefficient (Wildman–Crippen LogP) is 3.79. The van der Waals surface area contributed by atoms with E-state index in [0.29, 0.717) is 16.9 Å². The number of hydrogen-bond acceptors (Lipinski definition) is 7. The molecule has 0 radical (unpaired) electrons. The third-order valence-electron chi connectivity index (χ3n) is 4.83. The Balaban J connectivity index is 1.80. The highest BCUT2D eigenvalue weighted by Crippen LogP contribution is 2.41. The predicted molar refractivity (Wildman–Crippen MR) is 104 cm³/mol. The molecular formula is C18H22N4O2S2. The van der Waals surface area contributed by atoms with Gasteiger partial charge in [0.25, 0.3) is 0 Å². The Morgan fingerprint density at radius 3 is 2.73 bits per heavy atom. The summed E-state index contributed by atoms with van der Waals surface area (Å²) in [6, 6.07) is 0. The van der Waals surface area contributed by atoms with Crippen LogP contribution in [-0.2, 0) is 22.4 Å². The zero-order valence-electron chi connectivity index (χ0n) is 15.0. The van der Waals surface area contributed by atoms with Crippen LogP contribution in [0.1, 0.15) is 50.0 Å². The van der Waals surface area contributed by atoms with Crippen LogP contribution in [0.25, 0.3) is 10.2 Å². The molecule has 1 saturated heterocycles. The number of nitrogens with one attached hydrogen (secondary N) is 1. The van der Waals surface area contributed by atoms with E-state index in [2.05, 4.69) is 24.3 Å². The fourth-order valence-corrected chi connectivity index (χ4v) is 5.45. The van der Waals surface area contributed by atoms with Crippen molar-refractivity contribution in [2.45, 2.75) is 57.5 Å². The van der Waals surface area contributed by atoms with Crippen LogP contribution < -0.4 is 5.43 Å². The Morgan fingerprint density at radius 2 is 2.00 bits per heavy atom. The number of hydrogen-bond donors (Lipinski definition) is 1. The number of amides is 2. The first-order chi connectivity index (χ1) is 12.6. The molecule has 1 aliphatic heterocycles. The molecule has 0 aromatic carbocycles. The maximum absolute atomic E-state index is 12.1. The molecule has 4 rings (SSSR count). The van der Waals surface area contributed by atoms with E-state index in [9.17, 15) is 9.59 Å². The summed E-state index contributed by atoms with van der Waals surface area (Å²) in [6.07, 6.45) is 4.81. The lowest BCUT2D eigenvalue weighted by Gasteiger charge is -2.20. The van der Waals surface area contributed by atoms with Gasteiger partial charge in [0.05, 0.1) is 5.39 Å². The van der Waals surface area contributed by atoms with E-state index in [0.717, 1.165) is 40.2 Å². The number of aromatic nitrogens is 2. The monoisotopic (exact) mass is 390 g/mol. The molecule has 2 aliphatic rings. The third-order valence-corrected chi connectivity index (χ3v) is 7.07. The standard InChI is InChI=1S/C18H22N4O2S2/c1-3-8-25-18-19-16(21-22-13(23)6-7-14(22)24)15-11-9-10(2)4-5-12(11)26-17(15)20-18/h10H,3-9H2,1-2H3,(H,19,20,21)/t10-/m1/s1. The number of imide groups is 1. The van der Waals surface area contributed by atoms with Crippen LogP contribution >= 0.6 is 23.1 Å². The number of thiophene rings is 1. The average Bonchev–Trinajstić information content (AvgIpc) is 3.14. The first-order valence-electron chi connectivity index (χ1n) is 9.14. The molecule has 2 amide bonds. The third kappa shape index (κ3) is 3.20. The summed E-state index contributed by atoms with van der Waals surface area (Å²) < 4.78 is 0. The first kappa shape index (κ1) is 17.7. The molecule has 2 aromatic rings. The van der Waals surface area contributed by atoms with E-state index in [1.54, 1.807) is 23.1 Å². The largest absolute Gasteiger partial charge is 0.273 e. The van der Waals surface area contributed by atoms with Gasteiger partial charge in [0.2, 0.25) is 11.8 Å². The number of thioether (sulfide) groups is 1. The Bertz CT molecular complexity index is 864. The van der Waals surface area contributed by atoms with Crippen LogP contribution in [-0.4, -0.2) is 32.5 Å². The number of fused-ring (bicyclic) bond motifs is 3. The van der Waals surface area contributed by atoms with Crippen molar-refractivity contribution in [2.24, 2.45) is 5.92 Å². The molecule has 0 bridgehead atoms. The first-order valence-corrected chi connectivity index (χ1v) is 10.9. The van der Waals surface area contributed by atoms with Gasteiger partial charge in [-0.25, -0.2) is 9.97 Å². The molecule has 2 aromatic heterocycles. The van der Waals surface area contributed by atoms with Crippen molar-refractivity contribution < 1.29 is 9.59 Å². The molecule has 1 fully saturated rings. The second-order valence-corrected chi connectivity index (χ2v) is 9.12. The van der Waals surface area contributed by atoms with Crippen molar-refractivity contribution >= 4 is 50.9 Å². The quantitative estimate of drug-likeness (QED) is 0.476. The molecule has 1 N–H and O–H groups in total. The summed E-state index contributed by atoms with van der Waals surface area (Å²) in [5.41, 5.74) is 4.32. The van der Waals surface area contributed by atoms with E-state index in [-0.39, 0.29) is 24.7 Å². The van der Waals surface area contributed by atoms with Crippen molar-refractivity contribution in [3.05, 3.63) is 10.4 Å². The van der Waals surface area contributed by atoms with Gasteiger partial charge in [0.1, 0.15) is 4.83 Å². The fourth-order valence-electron chi connectivity index (χ4n) is 3.48. The smallest absolute Gasteiger partial charge is 0.248 e. The molecule has 0 spiro atoms. The van der Waals surface area contributed by atoms with E-state index < -0.39 is 0 Å². The van der Waals surface area contributed by atoms with Gasteiger partial charge in [0, 0.05) is 23.5 Å². The van der Waals surface area contributed by atoms with E-state index >= 15 is 0 Å². The Hall–Kier alpha value is -1.67. The van der Waals surface area contributed by atoms with E-state index in [1.165, 1.54) is 16.9 Å². The van der Waals surface area contributed by atoms with Crippen LogP contribution in [0.3, 0.4) is 0 Å². The normalized spacial score (nSPS) is 20.1. The lowest BCUT2D eigenvalue weighted by Crippen LogP contribution is -2.35. The number of anilines is 1. The van der Waals surface area contributed by atoms with Crippen LogP contribution in [0.15, 0.2) is 5.16 Å². The number of aryl methyl sites for hydroxylation is 1. The lowest BCUT2D eigenvalue weighted by atomic mass is 9.89. The maximum atomic E-state index is 12.1. The van der Waals surface area contributed by atoms with Gasteiger partial charge in [-0.2, -0.15) is 5.01 Å². The highest BCUT2D eigenvalue weighted by Gasteiger charge is 2.31. The molecule has 3 heterocycles. The van der Waals surface area contributed by atoms with Crippen LogP contribution in [0.4, 0.5) is 5.82 Å². The lowest BCUT2D eigenvalue weighted by molar-refractivity contribution is -0.136. The zero-order chi connectivity index (χ0) is 18.3. The second-order valence-electron chi connectivity index (χ2n) is 6.97. The van der Waals surface area contributed by atoms with Crippen LogP contribution in [0.5, 0.6) is 0 Å². The molecule has 138 valence electrons. The number of nitrogens with zero attached hydrogens (tertiary/aromatic N) is 3. The number of carbonyl (C=O) groups is 2. The van der Waals surface area contributed by atoms with Gasteiger partial charge in [-0.15, -0.1) is 11.3 Å². The van der Waals surface area contributed by atoms with Crippen molar-refractivity contribution in [1.82, 2.24) is 15.0 Å². The van der Waals surface area contributed by atoms with Gasteiger partial charge in [-0.3, -0.25) is 15.0 Å². The minimum Gasteiger partial charge on any atom is -0.273 e. The summed E-state index contributed by atoms with van der Waals surface area (Å²) in [4.78, 5) is 35.9. The zero-order valence-corrected chi connectivity index (χ0v) is 16.6. The summed E-state index contributed by atoms with van der Waals surface area (Å²) in [5, 5.41) is 2.82. The number of carbonyl (C=O) groups excluding carboxylic acids is 2. The molecular weight excluding hydrogens is 368 g/mol. The summed E-state index contributed by atoms with van der Waals surface area (Å²) in [5.74, 6) is 1.78.